The first kappa shape index (κ1) is 20.3. The Morgan fingerprint density at radius 2 is 1.62 bits per heavy atom. The number of sulfonamides is 1. The third kappa shape index (κ3) is 4.91. The molecular weight excluding hydrogens is 395 g/mol. The van der Waals surface area contributed by atoms with Crippen LogP contribution in [-0.2, 0) is 10.0 Å². The predicted molar refractivity (Wildman–Crippen MR) is 109 cm³/mol. The molecule has 0 unspecified atom stereocenters. The zero-order chi connectivity index (χ0) is 21.0. The van der Waals surface area contributed by atoms with E-state index in [1.165, 1.54) is 19.2 Å². The largest absolute Gasteiger partial charge is 0.495 e. The van der Waals surface area contributed by atoms with Gasteiger partial charge in [0.1, 0.15) is 11.6 Å². The summed E-state index contributed by atoms with van der Waals surface area (Å²) in [7, 11) is -2.58. The Morgan fingerprint density at radius 1 is 0.966 bits per heavy atom. The molecule has 0 heterocycles. The standard InChI is InChI=1S/C21H19FN2O4S/c1-14-3-5-15(6-4-14)21(25)23-17-9-12-20(28-2)19(13-17)24-29(26,27)18-10-7-16(22)8-11-18/h3-13,24H,1-2H3,(H,23,25). The van der Waals surface area contributed by atoms with Crippen LogP contribution in [0, 0.1) is 12.7 Å². The Morgan fingerprint density at radius 3 is 2.24 bits per heavy atom. The normalized spacial score (nSPS) is 11.0. The fourth-order valence-electron chi connectivity index (χ4n) is 2.59. The third-order valence-electron chi connectivity index (χ3n) is 4.14. The number of aryl methyl sites for hydroxylation is 1. The number of halogens is 1. The first-order valence-corrected chi connectivity index (χ1v) is 10.1. The smallest absolute Gasteiger partial charge is 0.262 e. The molecule has 0 spiro atoms. The third-order valence-corrected chi connectivity index (χ3v) is 5.52. The minimum atomic E-state index is -3.97. The number of rotatable bonds is 6. The molecule has 3 aromatic carbocycles. The molecule has 0 radical (unpaired) electrons. The molecule has 0 atom stereocenters. The maximum atomic E-state index is 13.1. The maximum absolute atomic E-state index is 13.1. The Hall–Kier alpha value is -3.39. The topological polar surface area (TPSA) is 84.5 Å². The summed E-state index contributed by atoms with van der Waals surface area (Å²) >= 11 is 0. The highest BCUT2D eigenvalue weighted by atomic mass is 32.2. The van der Waals surface area contributed by atoms with Crippen molar-refractivity contribution in [1.29, 1.82) is 0 Å². The van der Waals surface area contributed by atoms with E-state index in [0.29, 0.717) is 11.3 Å². The molecule has 0 aliphatic carbocycles. The van der Waals surface area contributed by atoms with Crippen LogP contribution in [0.4, 0.5) is 15.8 Å². The lowest BCUT2D eigenvalue weighted by Gasteiger charge is -2.14. The minimum absolute atomic E-state index is 0.102. The zero-order valence-electron chi connectivity index (χ0n) is 15.8. The van der Waals surface area contributed by atoms with Gasteiger partial charge in [0.2, 0.25) is 0 Å². The highest BCUT2D eigenvalue weighted by molar-refractivity contribution is 7.92. The van der Waals surface area contributed by atoms with Crippen molar-refractivity contribution in [2.75, 3.05) is 17.1 Å². The summed E-state index contributed by atoms with van der Waals surface area (Å²) in [6.45, 7) is 1.92. The lowest BCUT2D eigenvalue weighted by atomic mass is 10.1. The van der Waals surface area contributed by atoms with Gasteiger partial charge in [-0.2, -0.15) is 0 Å². The monoisotopic (exact) mass is 414 g/mol. The van der Waals surface area contributed by atoms with E-state index in [4.69, 9.17) is 4.74 Å². The maximum Gasteiger partial charge on any atom is 0.262 e. The van der Waals surface area contributed by atoms with E-state index in [1.54, 1.807) is 18.2 Å². The highest BCUT2D eigenvalue weighted by Gasteiger charge is 2.17. The van der Waals surface area contributed by atoms with Crippen molar-refractivity contribution in [3.8, 4) is 5.75 Å². The average molecular weight is 414 g/mol. The van der Waals surface area contributed by atoms with Crippen LogP contribution >= 0.6 is 0 Å². The summed E-state index contributed by atoms with van der Waals surface area (Å²) in [5.41, 5.74) is 2.02. The van der Waals surface area contributed by atoms with Crippen molar-refractivity contribution in [1.82, 2.24) is 0 Å². The quantitative estimate of drug-likeness (QED) is 0.633. The summed E-state index contributed by atoms with van der Waals surface area (Å²) in [5.74, 6) is -0.603. The average Bonchev–Trinajstić information content (AvgIpc) is 2.69. The second kappa shape index (κ2) is 8.32. The van der Waals surface area contributed by atoms with Crippen LogP contribution in [0.15, 0.2) is 71.6 Å². The van der Waals surface area contributed by atoms with Gasteiger partial charge in [0.15, 0.2) is 0 Å². The van der Waals surface area contributed by atoms with E-state index in [9.17, 15) is 17.6 Å². The van der Waals surface area contributed by atoms with E-state index >= 15 is 0 Å². The molecule has 0 saturated carbocycles. The van der Waals surface area contributed by atoms with Gasteiger partial charge in [-0.25, -0.2) is 12.8 Å². The number of carbonyl (C=O) groups is 1. The van der Waals surface area contributed by atoms with Crippen molar-refractivity contribution in [2.45, 2.75) is 11.8 Å². The van der Waals surface area contributed by atoms with E-state index in [2.05, 4.69) is 10.0 Å². The van der Waals surface area contributed by atoms with Gasteiger partial charge in [-0.3, -0.25) is 9.52 Å². The molecule has 0 aliphatic rings. The molecule has 6 nitrogen and oxygen atoms in total. The molecule has 0 aliphatic heterocycles. The second-order valence-electron chi connectivity index (χ2n) is 6.29. The van der Waals surface area contributed by atoms with E-state index in [-0.39, 0.29) is 22.2 Å². The predicted octanol–water partition coefficient (Wildman–Crippen LogP) is 4.20. The first-order valence-electron chi connectivity index (χ1n) is 8.63. The molecule has 3 aromatic rings. The lowest BCUT2D eigenvalue weighted by molar-refractivity contribution is 0.102. The molecule has 0 fully saturated rings. The van der Waals surface area contributed by atoms with E-state index in [1.807, 2.05) is 19.1 Å². The Kier molecular flexibility index (Phi) is 5.84. The number of hydrogen-bond donors (Lipinski definition) is 2. The fraction of sp³-hybridized carbons (Fsp3) is 0.0952. The molecule has 2 N–H and O–H groups in total. The van der Waals surface area contributed by atoms with E-state index in [0.717, 1.165) is 29.8 Å². The van der Waals surface area contributed by atoms with E-state index < -0.39 is 15.8 Å². The highest BCUT2D eigenvalue weighted by Crippen LogP contribution is 2.30. The van der Waals surface area contributed by atoms with Crippen molar-refractivity contribution in [2.24, 2.45) is 0 Å². The minimum Gasteiger partial charge on any atom is -0.495 e. The number of hydrogen-bond acceptors (Lipinski definition) is 4. The second-order valence-corrected chi connectivity index (χ2v) is 7.98. The van der Waals surface area contributed by atoms with Gasteiger partial charge in [-0.1, -0.05) is 17.7 Å². The molecule has 0 aromatic heterocycles. The molecule has 1 amide bonds. The molecule has 150 valence electrons. The summed E-state index contributed by atoms with van der Waals surface area (Å²) in [5, 5.41) is 2.72. The van der Waals surface area contributed by atoms with Crippen LogP contribution in [-0.4, -0.2) is 21.4 Å². The van der Waals surface area contributed by atoms with Crippen LogP contribution in [0.3, 0.4) is 0 Å². The Balaban J connectivity index is 1.86. The van der Waals surface area contributed by atoms with Gasteiger partial charge in [-0.15, -0.1) is 0 Å². The van der Waals surface area contributed by atoms with Crippen LogP contribution in [0.25, 0.3) is 0 Å². The number of benzene rings is 3. The van der Waals surface area contributed by atoms with Crippen LogP contribution in [0.5, 0.6) is 5.75 Å². The van der Waals surface area contributed by atoms with Crippen LogP contribution < -0.4 is 14.8 Å². The van der Waals surface area contributed by atoms with Gasteiger partial charge in [-0.05, 0) is 61.5 Å². The summed E-state index contributed by atoms with van der Waals surface area (Å²) in [6, 6.07) is 16.1. The summed E-state index contributed by atoms with van der Waals surface area (Å²) in [4.78, 5) is 12.3. The van der Waals surface area contributed by atoms with Crippen LogP contribution in [0.1, 0.15) is 15.9 Å². The van der Waals surface area contributed by atoms with Gasteiger partial charge in [0, 0.05) is 11.3 Å². The summed E-state index contributed by atoms with van der Waals surface area (Å²) < 4.78 is 45.9. The molecule has 29 heavy (non-hydrogen) atoms. The molecule has 0 bridgehead atoms. The Bertz CT molecular complexity index is 1130. The number of methoxy groups -OCH3 is 1. The molecule has 0 saturated heterocycles. The number of ether oxygens (including phenoxy) is 1. The Labute approximate surface area is 168 Å². The lowest BCUT2D eigenvalue weighted by Crippen LogP contribution is -2.15. The summed E-state index contributed by atoms with van der Waals surface area (Å²) in [6.07, 6.45) is 0. The number of nitrogens with one attached hydrogen (secondary N) is 2. The zero-order valence-corrected chi connectivity index (χ0v) is 16.6. The first-order chi connectivity index (χ1) is 13.8. The van der Waals surface area contributed by atoms with Gasteiger partial charge < -0.3 is 10.1 Å². The van der Waals surface area contributed by atoms with Gasteiger partial charge in [0.05, 0.1) is 17.7 Å². The molecule has 8 heteroatoms. The fourth-order valence-corrected chi connectivity index (χ4v) is 3.65. The van der Waals surface area contributed by atoms with Crippen molar-refractivity contribution in [3.05, 3.63) is 83.7 Å². The molecular formula is C21H19FN2O4S. The number of amides is 1. The van der Waals surface area contributed by atoms with Crippen LogP contribution in [0.2, 0.25) is 0 Å². The van der Waals surface area contributed by atoms with Crippen molar-refractivity contribution < 1.29 is 22.3 Å². The van der Waals surface area contributed by atoms with Crippen molar-refractivity contribution in [3.63, 3.8) is 0 Å². The molecule has 3 rings (SSSR count). The SMILES string of the molecule is COc1ccc(NC(=O)c2ccc(C)cc2)cc1NS(=O)(=O)c1ccc(F)cc1. The van der Waals surface area contributed by atoms with Gasteiger partial charge in [0.25, 0.3) is 15.9 Å². The van der Waals surface area contributed by atoms with Crippen molar-refractivity contribution >= 4 is 27.3 Å². The number of carbonyl (C=O) groups excluding carboxylic acids is 1. The number of anilines is 2. The van der Waals surface area contributed by atoms with Gasteiger partial charge >= 0.3 is 0 Å².